The van der Waals surface area contributed by atoms with Crippen LogP contribution in [0.25, 0.3) is 0 Å². The van der Waals surface area contributed by atoms with Crippen LogP contribution in [-0.4, -0.2) is 39.5 Å². The van der Waals surface area contributed by atoms with Crippen LogP contribution in [0, 0.1) is 0 Å². The zero-order valence-electron chi connectivity index (χ0n) is 13.6. The maximum atomic E-state index is 12.2. The van der Waals surface area contributed by atoms with E-state index in [1.54, 1.807) is 41.5 Å². The van der Waals surface area contributed by atoms with Gasteiger partial charge in [-0.1, -0.05) is 13.3 Å². The largest absolute Gasteiger partial charge is 0.444 e. The minimum Gasteiger partial charge on any atom is -0.444 e. The number of nitrogens with zero attached hydrogens (tertiary/aromatic N) is 1. The summed E-state index contributed by atoms with van der Waals surface area (Å²) in [5, 5.41) is 13.1. The van der Waals surface area contributed by atoms with Gasteiger partial charge in [0, 0.05) is 0 Å². The van der Waals surface area contributed by atoms with Crippen LogP contribution >= 0.6 is 0 Å². The van der Waals surface area contributed by atoms with Crippen LogP contribution in [0.2, 0.25) is 0 Å². The van der Waals surface area contributed by atoms with Crippen molar-refractivity contribution in [3.8, 4) is 0 Å². The third-order valence-corrected chi connectivity index (χ3v) is 2.41. The van der Waals surface area contributed by atoms with Crippen molar-refractivity contribution in [3.63, 3.8) is 0 Å². The molecular weight excluding hydrogens is 260 g/mol. The molecule has 0 saturated carbocycles. The lowest BCUT2D eigenvalue weighted by molar-refractivity contribution is -0.189. The Balaban J connectivity index is 4.81. The van der Waals surface area contributed by atoms with Crippen LogP contribution < -0.4 is 5.32 Å². The average Bonchev–Trinajstić information content (AvgIpc) is 2.22. The van der Waals surface area contributed by atoms with Gasteiger partial charge in [0.1, 0.15) is 11.6 Å². The third kappa shape index (κ3) is 6.75. The van der Waals surface area contributed by atoms with Crippen LogP contribution in [-0.2, 0) is 9.53 Å². The minimum atomic E-state index is -0.793. The summed E-state index contributed by atoms with van der Waals surface area (Å²) in [6, 6.07) is -0.793. The molecule has 0 fully saturated rings. The van der Waals surface area contributed by atoms with E-state index in [1.807, 2.05) is 6.92 Å². The van der Waals surface area contributed by atoms with Gasteiger partial charge in [0.05, 0.1) is 5.54 Å². The Hall–Kier alpha value is -1.30. The van der Waals surface area contributed by atoms with Gasteiger partial charge in [-0.25, -0.2) is 9.86 Å². The first-order valence-electron chi connectivity index (χ1n) is 6.91. The SMILES string of the molecule is CCC[C@H](NC(=O)OC(C)(C)C)C(=O)N(O)C(C)(C)C. The van der Waals surface area contributed by atoms with E-state index in [4.69, 9.17) is 4.74 Å². The van der Waals surface area contributed by atoms with Crippen molar-refractivity contribution in [2.45, 2.75) is 78.5 Å². The van der Waals surface area contributed by atoms with E-state index in [-0.39, 0.29) is 0 Å². The highest BCUT2D eigenvalue weighted by Gasteiger charge is 2.32. The van der Waals surface area contributed by atoms with Crippen molar-refractivity contribution >= 4 is 12.0 Å². The standard InChI is InChI=1S/C14H28N2O4/c1-8-9-10(11(17)16(19)13(2,3)4)15-12(18)20-14(5,6)7/h10,19H,8-9H2,1-7H3,(H,15,18)/t10-/m0/s1. The van der Waals surface area contributed by atoms with Crippen molar-refractivity contribution in [2.24, 2.45) is 0 Å². The van der Waals surface area contributed by atoms with Gasteiger partial charge in [-0.3, -0.25) is 10.0 Å². The molecule has 0 aliphatic carbocycles. The summed E-state index contributed by atoms with van der Waals surface area (Å²) in [5.41, 5.74) is -1.36. The molecule has 0 aromatic heterocycles. The quantitative estimate of drug-likeness (QED) is 0.616. The molecule has 0 aromatic rings. The number of alkyl carbamates (subject to hydrolysis) is 1. The number of nitrogens with one attached hydrogen (secondary N) is 1. The fourth-order valence-electron chi connectivity index (χ4n) is 1.47. The highest BCUT2D eigenvalue weighted by molar-refractivity contribution is 5.85. The van der Waals surface area contributed by atoms with Crippen molar-refractivity contribution in [3.05, 3.63) is 0 Å². The second-order valence-electron chi connectivity index (χ2n) is 6.81. The van der Waals surface area contributed by atoms with Crippen LogP contribution in [0.5, 0.6) is 0 Å². The van der Waals surface area contributed by atoms with Crippen molar-refractivity contribution in [1.82, 2.24) is 10.4 Å². The Labute approximate surface area is 121 Å². The molecule has 0 heterocycles. The molecule has 0 spiro atoms. The normalized spacial score (nSPS) is 13.6. The summed E-state index contributed by atoms with van der Waals surface area (Å²) >= 11 is 0. The van der Waals surface area contributed by atoms with Crippen LogP contribution in [0.1, 0.15) is 61.3 Å². The van der Waals surface area contributed by atoms with E-state index in [0.29, 0.717) is 17.9 Å². The van der Waals surface area contributed by atoms with Gasteiger partial charge in [0.15, 0.2) is 0 Å². The highest BCUT2D eigenvalue weighted by atomic mass is 16.6. The molecule has 1 atom stereocenters. The number of hydrogen-bond donors (Lipinski definition) is 2. The van der Waals surface area contributed by atoms with Crippen LogP contribution in [0.15, 0.2) is 0 Å². The second-order valence-corrected chi connectivity index (χ2v) is 6.81. The number of carbonyl (C=O) groups is 2. The summed E-state index contributed by atoms with van der Waals surface area (Å²) in [7, 11) is 0. The number of hydrogen-bond acceptors (Lipinski definition) is 4. The minimum absolute atomic E-state index is 0.436. The summed E-state index contributed by atoms with van der Waals surface area (Å²) < 4.78 is 5.13. The first kappa shape index (κ1) is 18.7. The fraction of sp³-hybridized carbons (Fsp3) is 0.857. The molecule has 20 heavy (non-hydrogen) atoms. The smallest absolute Gasteiger partial charge is 0.408 e. The predicted molar refractivity (Wildman–Crippen MR) is 76.5 cm³/mol. The van der Waals surface area contributed by atoms with Gasteiger partial charge >= 0.3 is 6.09 Å². The van der Waals surface area contributed by atoms with Gasteiger partial charge in [-0.15, -0.1) is 0 Å². The molecule has 0 rings (SSSR count). The van der Waals surface area contributed by atoms with Crippen molar-refractivity contribution < 1.29 is 19.5 Å². The maximum Gasteiger partial charge on any atom is 0.408 e. The Morgan fingerprint density at radius 3 is 2.05 bits per heavy atom. The molecule has 6 heteroatoms. The predicted octanol–water partition coefficient (Wildman–Crippen LogP) is 2.70. The molecule has 6 nitrogen and oxygen atoms in total. The number of hydroxylamine groups is 2. The lowest BCUT2D eigenvalue weighted by Gasteiger charge is -2.32. The maximum absolute atomic E-state index is 12.2. The van der Waals surface area contributed by atoms with E-state index in [9.17, 15) is 14.8 Å². The van der Waals surface area contributed by atoms with Gasteiger partial charge in [0.2, 0.25) is 0 Å². The molecule has 2 N–H and O–H groups in total. The number of carbonyl (C=O) groups excluding carboxylic acids is 2. The Bertz CT molecular complexity index is 342. The lowest BCUT2D eigenvalue weighted by atomic mass is 10.1. The number of amides is 2. The average molecular weight is 288 g/mol. The molecule has 2 amide bonds. The van der Waals surface area contributed by atoms with Crippen molar-refractivity contribution in [1.29, 1.82) is 0 Å². The van der Waals surface area contributed by atoms with E-state index in [1.165, 1.54) is 0 Å². The van der Waals surface area contributed by atoms with Gasteiger partial charge in [-0.2, -0.15) is 0 Å². The lowest BCUT2D eigenvalue weighted by Crippen LogP contribution is -2.53. The summed E-state index contributed by atoms with van der Waals surface area (Å²) in [5.74, 6) is -0.537. The summed E-state index contributed by atoms with van der Waals surface area (Å²) in [6.07, 6.45) is 0.474. The van der Waals surface area contributed by atoms with Gasteiger partial charge in [-0.05, 0) is 48.0 Å². The summed E-state index contributed by atoms with van der Waals surface area (Å²) in [4.78, 5) is 23.9. The summed E-state index contributed by atoms with van der Waals surface area (Å²) in [6.45, 7) is 12.3. The van der Waals surface area contributed by atoms with E-state index in [2.05, 4.69) is 5.32 Å². The zero-order chi connectivity index (χ0) is 16.1. The molecule has 118 valence electrons. The zero-order valence-corrected chi connectivity index (χ0v) is 13.6. The first-order valence-corrected chi connectivity index (χ1v) is 6.91. The molecule has 0 radical (unpaired) electrons. The monoisotopic (exact) mass is 288 g/mol. The third-order valence-electron chi connectivity index (χ3n) is 2.41. The van der Waals surface area contributed by atoms with E-state index in [0.717, 1.165) is 0 Å². The fourth-order valence-corrected chi connectivity index (χ4v) is 1.47. The highest BCUT2D eigenvalue weighted by Crippen LogP contribution is 2.14. The number of ether oxygens (including phenoxy) is 1. The van der Waals surface area contributed by atoms with Crippen LogP contribution in [0.3, 0.4) is 0 Å². The van der Waals surface area contributed by atoms with Gasteiger partial charge in [0.25, 0.3) is 5.91 Å². The Morgan fingerprint density at radius 1 is 1.20 bits per heavy atom. The molecule has 0 saturated heterocycles. The molecule has 0 aromatic carbocycles. The molecule has 0 bridgehead atoms. The molecule has 0 unspecified atom stereocenters. The van der Waals surface area contributed by atoms with Gasteiger partial charge < -0.3 is 10.1 Å². The topological polar surface area (TPSA) is 78.9 Å². The number of rotatable bonds is 4. The van der Waals surface area contributed by atoms with Crippen LogP contribution in [0.4, 0.5) is 4.79 Å². The molecule has 0 aliphatic rings. The van der Waals surface area contributed by atoms with E-state index >= 15 is 0 Å². The molecular formula is C14H28N2O4. The Morgan fingerprint density at radius 2 is 1.70 bits per heavy atom. The Kier molecular flexibility index (Phi) is 6.47. The molecule has 0 aliphatic heterocycles. The van der Waals surface area contributed by atoms with E-state index < -0.39 is 29.2 Å². The first-order chi connectivity index (χ1) is 8.88. The van der Waals surface area contributed by atoms with Crippen molar-refractivity contribution in [2.75, 3.05) is 0 Å². The second kappa shape index (κ2) is 6.92.